The molecule has 2 aliphatic heterocycles. The normalized spacial score (nSPS) is 20.8. The quantitative estimate of drug-likeness (QED) is 0.674. The molecule has 3 aromatic rings. The van der Waals surface area contributed by atoms with Crippen LogP contribution < -0.4 is 0 Å². The van der Waals surface area contributed by atoms with Crippen molar-refractivity contribution in [1.82, 2.24) is 14.5 Å². The zero-order valence-electron chi connectivity index (χ0n) is 16.2. The van der Waals surface area contributed by atoms with Crippen molar-refractivity contribution in [2.45, 2.75) is 31.6 Å². The van der Waals surface area contributed by atoms with Crippen molar-refractivity contribution in [2.24, 2.45) is 7.05 Å². The molecule has 0 saturated heterocycles. The van der Waals surface area contributed by atoms with E-state index in [2.05, 4.69) is 17.1 Å². The number of amides is 1. The number of ether oxygens (including phenoxy) is 1. The molecule has 0 spiro atoms. The minimum atomic E-state index is -0.550. The molecule has 5 nitrogen and oxygen atoms in total. The standard InChI is InChI=1S/C23H22FN3O2/c1-26-14-25-19-12-21(29-13-20(19)26)23(28)27-11-10-15-4-2-3-5-18(15)22(27)16-6-8-17(24)9-7-16/h2-9,14,21-22H,10-13H2,1H3/t21?,22-/m0/s1. The van der Waals surface area contributed by atoms with E-state index in [1.165, 1.54) is 17.7 Å². The van der Waals surface area contributed by atoms with Gasteiger partial charge in [0.25, 0.3) is 5.91 Å². The van der Waals surface area contributed by atoms with E-state index in [0.29, 0.717) is 19.6 Å². The van der Waals surface area contributed by atoms with E-state index < -0.39 is 6.10 Å². The van der Waals surface area contributed by atoms with Gasteiger partial charge in [0.15, 0.2) is 0 Å². The number of carbonyl (C=O) groups excluding carboxylic acids is 1. The highest BCUT2D eigenvalue weighted by atomic mass is 19.1. The summed E-state index contributed by atoms with van der Waals surface area (Å²) >= 11 is 0. The van der Waals surface area contributed by atoms with Crippen molar-refractivity contribution in [3.05, 3.63) is 88.8 Å². The molecule has 0 radical (unpaired) electrons. The van der Waals surface area contributed by atoms with Crippen molar-refractivity contribution in [1.29, 1.82) is 0 Å². The molecule has 0 aliphatic carbocycles. The van der Waals surface area contributed by atoms with Crippen molar-refractivity contribution in [3.63, 3.8) is 0 Å². The molecular weight excluding hydrogens is 369 g/mol. The van der Waals surface area contributed by atoms with Crippen molar-refractivity contribution in [2.75, 3.05) is 6.54 Å². The van der Waals surface area contributed by atoms with Gasteiger partial charge in [0.05, 0.1) is 30.4 Å². The van der Waals surface area contributed by atoms with E-state index >= 15 is 0 Å². The molecule has 148 valence electrons. The number of aromatic nitrogens is 2. The molecular formula is C23H22FN3O2. The van der Waals surface area contributed by atoms with Crippen LogP contribution in [0.25, 0.3) is 0 Å². The molecule has 2 aromatic carbocycles. The van der Waals surface area contributed by atoms with Gasteiger partial charge in [-0.2, -0.15) is 0 Å². The average Bonchev–Trinajstić information content (AvgIpc) is 3.13. The number of hydrogen-bond donors (Lipinski definition) is 0. The molecule has 2 atom stereocenters. The van der Waals surface area contributed by atoms with Crippen molar-refractivity contribution >= 4 is 5.91 Å². The van der Waals surface area contributed by atoms with Crippen LogP contribution in [0.5, 0.6) is 0 Å². The maximum atomic E-state index is 13.5. The predicted octanol–water partition coefficient (Wildman–Crippen LogP) is 3.17. The van der Waals surface area contributed by atoms with Crippen LogP contribution in [-0.4, -0.2) is 33.0 Å². The Balaban J connectivity index is 1.49. The van der Waals surface area contributed by atoms with Gasteiger partial charge in [-0.1, -0.05) is 36.4 Å². The fraction of sp³-hybridized carbons (Fsp3) is 0.304. The number of nitrogens with zero attached hydrogens (tertiary/aromatic N) is 3. The number of aryl methyl sites for hydroxylation is 1. The Morgan fingerprint density at radius 1 is 1.17 bits per heavy atom. The van der Waals surface area contributed by atoms with Crippen molar-refractivity contribution < 1.29 is 13.9 Å². The SMILES string of the molecule is Cn1cnc2c1COC(C(=O)N1CCc3ccccc3[C@@H]1c1ccc(F)cc1)C2. The summed E-state index contributed by atoms with van der Waals surface area (Å²) in [5.41, 5.74) is 5.16. The number of halogens is 1. The summed E-state index contributed by atoms with van der Waals surface area (Å²) in [6.45, 7) is 0.987. The Morgan fingerprint density at radius 2 is 1.97 bits per heavy atom. The van der Waals surface area contributed by atoms with Gasteiger partial charge in [0.2, 0.25) is 0 Å². The lowest BCUT2D eigenvalue weighted by molar-refractivity contribution is -0.148. The lowest BCUT2D eigenvalue weighted by Crippen LogP contribution is -2.47. The van der Waals surface area contributed by atoms with Crippen LogP contribution in [0.4, 0.5) is 4.39 Å². The van der Waals surface area contributed by atoms with Crippen LogP contribution in [-0.2, 0) is 36.0 Å². The third-order valence-corrected chi connectivity index (χ3v) is 5.97. The second kappa shape index (κ2) is 7.12. The third kappa shape index (κ3) is 3.13. The largest absolute Gasteiger partial charge is 0.362 e. The number of benzene rings is 2. The molecule has 29 heavy (non-hydrogen) atoms. The highest BCUT2D eigenvalue weighted by Crippen LogP contribution is 2.36. The monoisotopic (exact) mass is 391 g/mol. The first kappa shape index (κ1) is 18.1. The molecule has 1 aromatic heterocycles. The van der Waals surface area contributed by atoms with E-state index in [0.717, 1.165) is 28.9 Å². The summed E-state index contributed by atoms with van der Waals surface area (Å²) in [5, 5.41) is 0. The molecule has 5 rings (SSSR count). The number of carbonyl (C=O) groups is 1. The third-order valence-electron chi connectivity index (χ3n) is 5.97. The maximum Gasteiger partial charge on any atom is 0.252 e. The second-order valence-electron chi connectivity index (χ2n) is 7.69. The zero-order chi connectivity index (χ0) is 20.0. The van der Waals surface area contributed by atoms with Gasteiger partial charge in [-0.25, -0.2) is 9.37 Å². The smallest absolute Gasteiger partial charge is 0.252 e. The fourth-order valence-corrected chi connectivity index (χ4v) is 4.43. The number of rotatable bonds is 2. The van der Waals surface area contributed by atoms with Gasteiger partial charge in [0, 0.05) is 20.0 Å². The summed E-state index contributed by atoms with van der Waals surface area (Å²) < 4.78 is 21.4. The molecule has 0 bridgehead atoms. The summed E-state index contributed by atoms with van der Waals surface area (Å²) in [7, 11) is 1.93. The highest BCUT2D eigenvalue weighted by molar-refractivity contribution is 5.83. The van der Waals surface area contributed by atoms with Crippen LogP contribution in [0, 0.1) is 5.82 Å². The van der Waals surface area contributed by atoms with Gasteiger partial charge < -0.3 is 14.2 Å². The van der Waals surface area contributed by atoms with E-state index in [9.17, 15) is 9.18 Å². The van der Waals surface area contributed by atoms with Crippen LogP contribution in [0.2, 0.25) is 0 Å². The van der Waals surface area contributed by atoms with Crippen LogP contribution in [0.3, 0.4) is 0 Å². The molecule has 3 heterocycles. The summed E-state index contributed by atoms with van der Waals surface area (Å²) in [6, 6.07) is 14.3. The predicted molar refractivity (Wildman–Crippen MR) is 106 cm³/mol. The Bertz CT molecular complexity index is 1060. The highest BCUT2D eigenvalue weighted by Gasteiger charge is 2.37. The molecule has 0 N–H and O–H groups in total. The van der Waals surface area contributed by atoms with E-state index in [4.69, 9.17) is 4.74 Å². The Hall–Kier alpha value is -2.99. The minimum absolute atomic E-state index is 0.0369. The number of hydrogen-bond acceptors (Lipinski definition) is 3. The van der Waals surface area contributed by atoms with E-state index in [1.807, 2.05) is 28.6 Å². The molecule has 6 heteroatoms. The minimum Gasteiger partial charge on any atom is -0.362 e. The first-order valence-corrected chi connectivity index (χ1v) is 9.86. The second-order valence-corrected chi connectivity index (χ2v) is 7.69. The Kier molecular flexibility index (Phi) is 4.43. The van der Waals surface area contributed by atoms with Gasteiger partial charge in [-0.15, -0.1) is 0 Å². The Morgan fingerprint density at radius 3 is 2.79 bits per heavy atom. The molecule has 1 unspecified atom stereocenters. The Labute approximate surface area is 168 Å². The van der Waals surface area contributed by atoms with Gasteiger partial charge in [-0.05, 0) is 35.2 Å². The fourth-order valence-electron chi connectivity index (χ4n) is 4.43. The zero-order valence-corrected chi connectivity index (χ0v) is 16.2. The number of imidazole rings is 1. The molecule has 0 fully saturated rings. The summed E-state index contributed by atoms with van der Waals surface area (Å²) in [4.78, 5) is 19.8. The van der Waals surface area contributed by atoms with E-state index in [1.54, 1.807) is 18.5 Å². The lowest BCUT2D eigenvalue weighted by atomic mass is 9.87. The lowest BCUT2D eigenvalue weighted by Gasteiger charge is -2.40. The molecule has 2 aliphatic rings. The summed E-state index contributed by atoms with van der Waals surface area (Å²) in [5.74, 6) is -0.320. The van der Waals surface area contributed by atoms with Crippen LogP contribution in [0.15, 0.2) is 54.9 Å². The number of fused-ring (bicyclic) bond motifs is 2. The van der Waals surface area contributed by atoms with E-state index in [-0.39, 0.29) is 17.8 Å². The van der Waals surface area contributed by atoms with Gasteiger partial charge >= 0.3 is 0 Å². The summed E-state index contributed by atoms with van der Waals surface area (Å²) in [6.07, 6.45) is 2.48. The van der Waals surface area contributed by atoms with Gasteiger partial charge in [0.1, 0.15) is 11.9 Å². The maximum absolute atomic E-state index is 13.5. The topological polar surface area (TPSA) is 47.4 Å². The molecule has 0 saturated carbocycles. The van der Waals surface area contributed by atoms with Crippen molar-refractivity contribution in [3.8, 4) is 0 Å². The van der Waals surface area contributed by atoms with Gasteiger partial charge in [-0.3, -0.25) is 4.79 Å². The average molecular weight is 391 g/mol. The first-order valence-electron chi connectivity index (χ1n) is 9.86. The van der Waals surface area contributed by atoms with Crippen LogP contribution >= 0.6 is 0 Å². The molecule has 1 amide bonds. The van der Waals surface area contributed by atoms with Crippen LogP contribution in [0.1, 0.15) is 34.1 Å². The first-order chi connectivity index (χ1) is 14.1.